The van der Waals surface area contributed by atoms with Crippen LogP contribution in [0.5, 0.6) is 0 Å². The number of guanidine groups is 1. The highest BCUT2D eigenvalue weighted by Crippen LogP contribution is 2.12. The van der Waals surface area contributed by atoms with Crippen LogP contribution in [-0.2, 0) is 13.0 Å². The highest BCUT2D eigenvalue weighted by Gasteiger charge is 2.08. The van der Waals surface area contributed by atoms with Crippen molar-refractivity contribution >= 4 is 29.9 Å². The van der Waals surface area contributed by atoms with Gasteiger partial charge in [0.15, 0.2) is 5.96 Å². The lowest BCUT2D eigenvalue weighted by molar-refractivity contribution is 0.392. The number of rotatable bonds is 6. The first-order chi connectivity index (χ1) is 11.1. The van der Waals surface area contributed by atoms with Gasteiger partial charge in [-0.1, -0.05) is 17.3 Å². The van der Waals surface area contributed by atoms with E-state index in [-0.39, 0.29) is 29.8 Å². The van der Waals surface area contributed by atoms with E-state index in [1.54, 1.807) is 12.1 Å². The molecular weight excluding hydrogens is 422 g/mol. The molecule has 0 aliphatic carbocycles. The zero-order valence-corrected chi connectivity index (χ0v) is 16.6. The predicted molar refractivity (Wildman–Crippen MR) is 104 cm³/mol. The van der Waals surface area contributed by atoms with Gasteiger partial charge in [0.25, 0.3) is 0 Å². The van der Waals surface area contributed by atoms with Crippen LogP contribution in [0.15, 0.2) is 33.8 Å². The minimum atomic E-state index is -0.234. The van der Waals surface area contributed by atoms with Gasteiger partial charge in [0.05, 0.1) is 12.2 Å². The number of hydrogen-bond acceptors (Lipinski definition) is 3. The standard InChI is InChI=1S/C17H23FN4O.HI/c1-4-19-17(21-11-14-5-7-15(18)8-6-14)20-10-9-16-12(2)22-23-13(16)3;/h5-8H,4,9-11H2,1-3H3,(H2,19,20,21);1H. The average Bonchev–Trinajstić information content (AvgIpc) is 2.86. The van der Waals surface area contributed by atoms with Crippen molar-refractivity contribution < 1.29 is 8.91 Å². The Kier molecular flexibility index (Phi) is 8.73. The Morgan fingerprint density at radius 1 is 1.21 bits per heavy atom. The second kappa shape index (κ2) is 10.3. The molecule has 0 fully saturated rings. The summed E-state index contributed by atoms with van der Waals surface area (Å²) < 4.78 is 18.1. The Hall–Kier alpha value is -1.64. The fourth-order valence-electron chi connectivity index (χ4n) is 2.27. The number of halogens is 2. The van der Waals surface area contributed by atoms with E-state index in [1.807, 2.05) is 20.8 Å². The maximum Gasteiger partial charge on any atom is 0.191 e. The molecule has 1 aromatic heterocycles. The average molecular weight is 446 g/mol. The summed E-state index contributed by atoms with van der Waals surface area (Å²) in [5.74, 6) is 1.36. The van der Waals surface area contributed by atoms with E-state index in [1.165, 1.54) is 12.1 Å². The summed E-state index contributed by atoms with van der Waals surface area (Å²) in [6, 6.07) is 6.38. The number of aryl methyl sites for hydroxylation is 2. The van der Waals surface area contributed by atoms with E-state index in [0.717, 1.165) is 48.1 Å². The van der Waals surface area contributed by atoms with E-state index in [4.69, 9.17) is 4.52 Å². The minimum absolute atomic E-state index is 0. The van der Waals surface area contributed by atoms with Crippen LogP contribution in [0.25, 0.3) is 0 Å². The minimum Gasteiger partial charge on any atom is -0.361 e. The van der Waals surface area contributed by atoms with Crippen LogP contribution in [0.1, 0.15) is 29.5 Å². The van der Waals surface area contributed by atoms with E-state index < -0.39 is 0 Å². The third kappa shape index (κ3) is 6.10. The van der Waals surface area contributed by atoms with Gasteiger partial charge in [-0.25, -0.2) is 9.38 Å². The van der Waals surface area contributed by atoms with Crippen LogP contribution in [0.4, 0.5) is 4.39 Å². The van der Waals surface area contributed by atoms with Crippen LogP contribution in [-0.4, -0.2) is 24.2 Å². The summed E-state index contributed by atoms with van der Waals surface area (Å²) in [5, 5.41) is 10.4. The fourth-order valence-corrected chi connectivity index (χ4v) is 2.27. The molecule has 0 atom stereocenters. The zero-order chi connectivity index (χ0) is 16.7. The molecule has 0 bridgehead atoms. The number of aromatic nitrogens is 1. The predicted octanol–water partition coefficient (Wildman–Crippen LogP) is 3.35. The van der Waals surface area contributed by atoms with Crippen molar-refractivity contribution in [2.45, 2.75) is 33.7 Å². The highest BCUT2D eigenvalue weighted by molar-refractivity contribution is 14.0. The highest BCUT2D eigenvalue weighted by atomic mass is 127. The first-order valence-electron chi connectivity index (χ1n) is 7.78. The second-order valence-corrected chi connectivity index (χ2v) is 5.30. The van der Waals surface area contributed by atoms with Crippen molar-refractivity contribution in [3.05, 3.63) is 52.7 Å². The Labute approximate surface area is 159 Å². The van der Waals surface area contributed by atoms with Crippen molar-refractivity contribution in [1.82, 2.24) is 15.8 Å². The molecule has 132 valence electrons. The lowest BCUT2D eigenvalue weighted by Crippen LogP contribution is -2.38. The van der Waals surface area contributed by atoms with E-state index >= 15 is 0 Å². The van der Waals surface area contributed by atoms with Gasteiger partial charge in [0.2, 0.25) is 0 Å². The van der Waals surface area contributed by atoms with Gasteiger partial charge in [-0.05, 0) is 44.9 Å². The molecule has 0 saturated carbocycles. The van der Waals surface area contributed by atoms with E-state index in [9.17, 15) is 4.39 Å². The van der Waals surface area contributed by atoms with Crippen LogP contribution in [0.3, 0.4) is 0 Å². The molecule has 0 aliphatic rings. The molecule has 1 aromatic carbocycles. The number of hydrogen-bond donors (Lipinski definition) is 2. The van der Waals surface area contributed by atoms with Crippen LogP contribution in [0.2, 0.25) is 0 Å². The molecule has 0 unspecified atom stereocenters. The molecular formula is C17H24FIN4O. The third-order valence-corrected chi connectivity index (χ3v) is 3.53. The summed E-state index contributed by atoms with van der Waals surface area (Å²) >= 11 is 0. The van der Waals surface area contributed by atoms with E-state index in [0.29, 0.717) is 6.54 Å². The Balaban J connectivity index is 0.00000288. The Morgan fingerprint density at radius 2 is 1.92 bits per heavy atom. The maximum atomic E-state index is 12.9. The van der Waals surface area contributed by atoms with Gasteiger partial charge < -0.3 is 15.2 Å². The summed E-state index contributed by atoms with van der Waals surface area (Å²) in [6.45, 7) is 7.89. The Morgan fingerprint density at radius 3 is 2.50 bits per heavy atom. The molecule has 7 heteroatoms. The largest absolute Gasteiger partial charge is 0.361 e. The van der Waals surface area contributed by atoms with Gasteiger partial charge in [-0.3, -0.25) is 0 Å². The van der Waals surface area contributed by atoms with E-state index in [2.05, 4.69) is 20.8 Å². The number of nitrogens with one attached hydrogen (secondary N) is 2. The van der Waals surface area contributed by atoms with Crippen molar-refractivity contribution in [1.29, 1.82) is 0 Å². The molecule has 2 N–H and O–H groups in total. The maximum absolute atomic E-state index is 12.9. The normalized spacial score (nSPS) is 11.1. The number of nitrogens with zero attached hydrogens (tertiary/aromatic N) is 2. The summed E-state index contributed by atoms with van der Waals surface area (Å²) in [6.07, 6.45) is 0.822. The van der Waals surface area contributed by atoms with Gasteiger partial charge in [0.1, 0.15) is 11.6 Å². The lowest BCUT2D eigenvalue weighted by Gasteiger charge is -2.11. The third-order valence-electron chi connectivity index (χ3n) is 3.53. The van der Waals surface area contributed by atoms with Gasteiger partial charge >= 0.3 is 0 Å². The fraction of sp³-hybridized carbons (Fsp3) is 0.412. The monoisotopic (exact) mass is 446 g/mol. The Bertz CT molecular complexity index is 636. The van der Waals surface area contributed by atoms with Crippen LogP contribution >= 0.6 is 24.0 Å². The summed E-state index contributed by atoms with van der Waals surface area (Å²) in [7, 11) is 0. The molecule has 24 heavy (non-hydrogen) atoms. The lowest BCUT2D eigenvalue weighted by atomic mass is 10.1. The van der Waals surface area contributed by atoms with Crippen molar-refractivity contribution in [2.24, 2.45) is 4.99 Å². The molecule has 2 rings (SSSR count). The topological polar surface area (TPSA) is 62.5 Å². The summed E-state index contributed by atoms with van der Waals surface area (Å²) in [5.41, 5.74) is 3.03. The molecule has 0 radical (unpaired) electrons. The van der Waals surface area contributed by atoms with Gasteiger partial charge in [-0.15, -0.1) is 24.0 Å². The van der Waals surface area contributed by atoms with Crippen molar-refractivity contribution in [3.63, 3.8) is 0 Å². The van der Waals surface area contributed by atoms with Gasteiger partial charge in [-0.2, -0.15) is 0 Å². The molecule has 2 aromatic rings. The molecule has 0 amide bonds. The zero-order valence-electron chi connectivity index (χ0n) is 14.2. The molecule has 0 saturated heterocycles. The first-order valence-corrected chi connectivity index (χ1v) is 7.78. The number of benzene rings is 1. The molecule has 0 aliphatic heterocycles. The number of aliphatic imine (C=N–C) groups is 1. The first kappa shape index (κ1) is 20.4. The SMILES string of the molecule is CCNC(=NCc1ccc(F)cc1)NCCc1c(C)noc1C.I. The van der Waals surface area contributed by atoms with Crippen LogP contribution in [0, 0.1) is 19.7 Å². The van der Waals surface area contributed by atoms with Crippen molar-refractivity contribution in [2.75, 3.05) is 13.1 Å². The summed E-state index contributed by atoms with van der Waals surface area (Å²) in [4.78, 5) is 4.51. The molecule has 5 nitrogen and oxygen atoms in total. The smallest absolute Gasteiger partial charge is 0.191 e. The van der Waals surface area contributed by atoms with Gasteiger partial charge in [0, 0.05) is 18.7 Å². The van der Waals surface area contributed by atoms with Crippen molar-refractivity contribution in [3.8, 4) is 0 Å². The molecule has 1 heterocycles. The quantitative estimate of drug-likeness (QED) is 0.406. The second-order valence-electron chi connectivity index (χ2n) is 5.30. The van der Waals surface area contributed by atoms with Crippen LogP contribution < -0.4 is 10.6 Å². The molecule has 0 spiro atoms.